The van der Waals surface area contributed by atoms with Gasteiger partial charge >= 0.3 is 0 Å². The quantitative estimate of drug-likeness (QED) is 0.883. The molecule has 0 radical (unpaired) electrons. The molecule has 106 valence electrons. The molecule has 1 fully saturated rings. The standard InChI is InChI=1S/C16H26N2O/c1-13(2)14-4-6-15(7-5-14)18(3)10-8-16-12-17-9-11-19-16/h4-7,13,16-17H,8-12H2,1-3H3. The van der Waals surface area contributed by atoms with E-state index in [1.807, 2.05) is 0 Å². The smallest absolute Gasteiger partial charge is 0.0716 e. The van der Waals surface area contributed by atoms with Gasteiger partial charge < -0.3 is 15.0 Å². The second-order valence-corrected chi connectivity index (χ2v) is 5.65. The molecule has 1 saturated heterocycles. The molecule has 1 atom stereocenters. The molecule has 1 heterocycles. The number of benzene rings is 1. The third kappa shape index (κ3) is 4.22. The normalized spacial score (nSPS) is 19.7. The van der Waals surface area contributed by atoms with E-state index in [0.29, 0.717) is 12.0 Å². The fraction of sp³-hybridized carbons (Fsp3) is 0.625. The van der Waals surface area contributed by atoms with Crippen molar-refractivity contribution in [3.05, 3.63) is 29.8 Å². The molecule has 3 nitrogen and oxygen atoms in total. The molecular weight excluding hydrogens is 236 g/mol. The summed E-state index contributed by atoms with van der Waals surface area (Å²) in [4.78, 5) is 2.31. The minimum Gasteiger partial charge on any atom is -0.376 e. The van der Waals surface area contributed by atoms with Gasteiger partial charge in [0.25, 0.3) is 0 Å². The predicted octanol–water partition coefficient (Wildman–Crippen LogP) is 2.62. The molecule has 1 aromatic carbocycles. The molecule has 0 saturated carbocycles. The summed E-state index contributed by atoms with van der Waals surface area (Å²) in [5.74, 6) is 0.598. The molecule has 2 rings (SSSR count). The van der Waals surface area contributed by atoms with Crippen LogP contribution in [0.25, 0.3) is 0 Å². The van der Waals surface area contributed by atoms with E-state index in [1.165, 1.54) is 11.3 Å². The molecule has 19 heavy (non-hydrogen) atoms. The van der Waals surface area contributed by atoms with Crippen molar-refractivity contribution in [1.29, 1.82) is 0 Å². The van der Waals surface area contributed by atoms with Gasteiger partial charge in [0.15, 0.2) is 0 Å². The van der Waals surface area contributed by atoms with Gasteiger partial charge in [-0.25, -0.2) is 0 Å². The first-order valence-corrected chi connectivity index (χ1v) is 7.30. The highest BCUT2D eigenvalue weighted by Crippen LogP contribution is 2.19. The summed E-state index contributed by atoms with van der Waals surface area (Å²) in [6.07, 6.45) is 1.45. The summed E-state index contributed by atoms with van der Waals surface area (Å²) in [6.45, 7) is 8.31. The average molecular weight is 262 g/mol. The average Bonchev–Trinajstić information content (AvgIpc) is 2.46. The number of hydrogen-bond donors (Lipinski definition) is 1. The summed E-state index contributed by atoms with van der Waals surface area (Å²) in [7, 11) is 2.15. The van der Waals surface area contributed by atoms with E-state index in [1.54, 1.807) is 0 Å². The van der Waals surface area contributed by atoms with Crippen LogP contribution in [0.1, 0.15) is 31.7 Å². The maximum Gasteiger partial charge on any atom is 0.0716 e. The lowest BCUT2D eigenvalue weighted by Crippen LogP contribution is -2.40. The molecule has 1 aliphatic rings. The Bertz CT molecular complexity index is 369. The van der Waals surface area contributed by atoms with E-state index < -0.39 is 0 Å². The Labute approximate surface area is 116 Å². The van der Waals surface area contributed by atoms with Crippen LogP contribution in [0.3, 0.4) is 0 Å². The highest BCUT2D eigenvalue weighted by Gasteiger charge is 2.14. The number of nitrogens with one attached hydrogen (secondary N) is 1. The van der Waals surface area contributed by atoms with Gasteiger partial charge in [-0.05, 0) is 30.0 Å². The Kier molecular flexibility index (Phi) is 5.23. The van der Waals surface area contributed by atoms with Crippen molar-refractivity contribution < 1.29 is 4.74 Å². The van der Waals surface area contributed by atoms with Crippen LogP contribution in [0.4, 0.5) is 5.69 Å². The number of nitrogens with zero attached hydrogens (tertiary/aromatic N) is 1. The van der Waals surface area contributed by atoms with Crippen molar-refractivity contribution in [2.75, 3.05) is 38.2 Å². The van der Waals surface area contributed by atoms with E-state index in [9.17, 15) is 0 Å². The molecule has 0 aromatic heterocycles. The van der Waals surface area contributed by atoms with Crippen LogP contribution < -0.4 is 10.2 Å². The van der Waals surface area contributed by atoms with Gasteiger partial charge in [-0.3, -0.25) is 0 Å². The molecule has 1 unspecified atom stereocenters. The maximum atomic E-state index is 5.73. The van der Waals surface area contributed by atoms with Crippen LogP contribution in [0.15, 0.2) is 24.3 Å². The van der Waals surface area contributed by atoms with Crippen molar-refractivity contribution in [3.63, 3.8) is 0 Å². The first-order chi connectivity index (χ1) is 9.16. The summed E-state index contributed by atoms with van der Waals surface area (Å²) < 4.78 is 5.73. The van der Waals surface area contributed by atoms with E-state index in [0.717, 1.165) is 32.7 Å². The number of ether oxygens (including phenoxy) is 1. The Hall–Kier alpha value is -1.06. The minimum atomic E-state index is 0.367. The second-order valence-electron chi connectivity index (χ2n) is 5.65. The summed E-state index contributed by atoms with van der Waals surface area (Å²) in [5.41, 5.74) is 2.69. The monoisotopic (exact) mass is 262 g/mol. The highest BCUT2D eigenvalue weighted by atomic mass is 16.5. The molecule has 0 aliphatic carbocycles. The van der Waals surface area contributed by atoms with Crippen molar-refractivity contribution in [3.8, 4) is 0 Å². The highest BCUT2D eigenvalue weighted by molar-refractivity contribution is 5.47. The van der Waals surface area contributed by atoms with Gasteiger partial charge in [-0.2, -0.15) is 0 Å². The lowest BCUT2D eigenvalue weighted by atomic mass is 10.0. The Balaban J connectivity index is 1.83. The largest absolute Gasteiger partial charge is 0.376 e. The SMILES string of the molecule is CC(C)c1ccc(N(C)CCC2CNCCO2)cc1. The number of rotatable bonds is 5. The van der Waals surface area contributed by atoms with Crippen molar-refractivity contribution in [2.24, 2.45) is 0 Å². The number of hydrogen-bond acceptors (Lipinski definition) is 3. The molecule has 0 amide bonds. The van der Waals surface area contributed by atoms with Gasteiger partial charge in [0.05, 0.1) is 12.7 Å². The van der Waals surface area contributed by atoms with Crippen molar-refractivity contribution >= 4 is 5.69 Å². The molecule has 1 aromatic rings. The van der Waals surface area contributed by atoms with Gasteiger partial charge in [-0.1, -0.05) is 26.0 Å². The predicted molar refractivity (Wildman–Crippen MR) is 81.0 cm³/mol. The van der Waals surface area contributed by atoms with Crippen LogP contribution in [-0.2, 0) is 4.74 Å². The molecule has 1 N–H and O–H groups in total. The Morgan fingerprint density at radius 3 is 2.63 bits per heavy atom. The van der Waals surface area contributed by atoms with Gasteiger partial charge in [0.1, 0.15) is 0 Å². The lowest BCUT2D eigenvalue weighted by Gasteiger charge is -2.27. The fourth-order valence-corrected chi connectivity index (χ4v) is 2.39. The fourth-order valence-electron chi connectivity index (χ4n) is 2.39. The molecular formula is C16H26N2O. The zero-order valence-electron chi connectivity index (χ0n) is 12.4. The third-order valence-electron chi connectivity index (χ3n) is 3.79. The maximum absolute atomic E-state index is 5.73. The second kappa shape index (κ2) is 6.92. The van der Waals surface area contributed by atoms with Gasteiger partial charge in [0, 0.05) is 32.4 Å². The first-order valence-electron chi connectivity index (χ1n) is 7.30. The van der Waals surface area contributed by atoms with E-state index in [4.69, 9.17) is 4.74 Å². The van der Waals surface area contributed by atoms with Crippen molar-refractivity contribution in [2.45, 2.75) is 32.3 Å². The van der Waals surface area contributed by atoms with E-state index in [-0.39, 0.29) is 0 Å². The Morgan fingerprint density at radius 1 is 1.32 bits per heavy atom. The summed E-state index contributed by atoms with van der Waals surface area (Å²) >= 11 is 0. The van der Waals surface area contributed by atoms with Crippen LogP contribution in [0, 0.1) is 0 Å². The topological polar surface area (TPSA) is 24.5 Å². The number of anilines is 1. The summed E-state index contributed by atoms with van der Waals surface area (Å²) in [6, 6.07) is 8.90. The van der Waals surface area contributed by atoms with Crippen LogP contribution in [0.2, 0.25) is 0 Å². The van der Waals surface area contributed by atoms with E-state index >= 15 is 0 Å². The van der Waals surface area contributed by atoms with Crippen LogP contribution in [0.5, 0.6) is 0 Å². The van der Waals surface area contributed by atoms with Crippen LogP contribution in [-0.4, -0.2) is 39.4 Å². The van der Waals surface area contributed by atoms with Gasteiger partial charge in [-0.15, -0.1) is 0 Å². The molecule has 3 heteroatoms. The lowest BCUT2D eigenvalue weighted by molar-refractivity contribution is 0.0250. The van der Waals surface area contributed by atoms with Gasteiger partial charge in [0.2, 0.25) is 0 Å². The number of morpholine rings is 1. The van der Waals surface area contributed by atoms with Crippen LogP contribution >= 0.6 is 0 Å². The van der Waals surface area contributed by atoms with Crippen molar-refractivity contribution in [1.82, 2.24) is 5.32 Å². The minimum absolute atomic E-state index is 0.367. The van der Waals surface area contributed by atoms with E-state index in [2.05, 4.69) is 55.4 Å². The zero-order valence-corrected chi connectivity index (χ0v) is 12.4. The Morgan fingerprint density at radius 2 is 2.05 bits per heavy atom. The molecule has 0 bridgehead atoms. The molecule has 1 aliphatic heterocycles. The molecule has 0 spiro atoms. The first kappa shape index (κ1) is 14.4. The third-order valence-corrected chi connectivity index (χ3v) is 3.79. The zero-order chi connectivity index (χ0) is 13.7. The summed E-state index contributed by atoms with van der Waals surface area (Å²) in [5, 5.41) is 3.37.